The molecule has 1 aliphatic rings. The Morgan fingerprint density at radius 2 is 2.30 bits per heavy atom. The van der Waals surface area contributed by atoms with Gasteiger partial charge in [-0.25, -0.2) is 14.1 Å². The molecule has 1 unspecified atom stereocenters. The van der Waals surface area contributed by atoms with E-state index >= 15 is 0 Å². The number of hydrogen-bond acceptors (Lipinski definition) is 4. The number of benzene rings is 1. The highest BCUT2D eigenvalue weighted by Gasteiger charge is 2.22. The molecule has 3 rings (SSSR count). The second kappa shape index (κ2) is 9.64. The van der Waals surface area contributed by atoms with E-state index in [9.17, 15) is 4.39 Å². The average molecular weight is 483 g/mol. The molecule has 2 N–H and O–H groups in total. The molecule has 9 heteroatoms. The first-order valence-corrected chi connectivity index (χ1v) is 8.71. The molecule has 2 aromatic rings. The Labute approximate surface area is 175 Å². The van der Waals surface area contributed by atoms with Gasteiger partial charge in [0.25, 0.3) is 0 Å². The van der Waals surface area contributed by atoms with Gasteiger partial charge in [0.2, 0.25) is 0 Å². The van der Waals surface area contributed by atoms with Crippen LogP contribution in [0.4, 0.5) is 4.39 Å². The summed E-state index contributed by atoms with van der Waals surface area (Å²) in [5.74, 6) is 2.15. The van der Waals surface area contributed by atoms with E-state index in [1.54, 1.807) is 13.1 Å². The summed E-state index contributed by atoms with van der Waals surface area (Å²) in [4.78, 5) is 8.72. The Morgan fingerprint density at radius 3 is 3.00 bits per heavy atom. The van der Waals surface area contributed by atoms with Crippen LogP contribution in [0.25, 0.3) is 0 Å². The largest absolute Gasteiger partial charge is 0.352 e. The highest BCUT2D eigenvalue weighted by Crippen LogP contribution is 2.14. The fraction of sp³-hybridized carbons (Fsp3) is 0.444. The van der Waals surface area contributed by atoms with Crippen LogP contribution < -0.4 is 10.6 Å². The fourth-order valence-corrected chi connectivity index (χ4v) is 2.97. The minimum atomic E-state index is -0.344. The quantitative estimate of drug-likeness (QED) is 0.395. The van der Waals surface area contributed by atoms with E-state index in [-0.39, 0.29) is 42.4 Å². The number of nitriles is 1. The van der Waals surface area contributed by atoms with Gasteiger partial charge in [-0.15, -0.1) is 24.0 Å². The van der Waals surface area contributed by atoms with Gasteiger partial charge in [0.15, 0.2) is 11.8 Å². The maximum atomic E-state index is 13.9. The zero-order chi connectivity index (χ0) is 18.5. The number of aromatic nitrogens is 3. The summed E-state index contributed by atoms with van der Waals surface area (Å²) in [6.45, 7) is 3.02. The molecule has 1 aromatic heterocycles. The molecule has 0 fully saturated rings. The van der Waals surface area contributed by atoms with E-state index in [1.807, 2.05) is 17.7 Å². The smallest absolute Gasteiger partial charge is 0.191 e. The fourth-order valence-electron chi connectivity index (χ4n) is 2.97. The van der Waals surface area contributed by atoms with Crippen molar-refractivity contribution in [1.82, 2.24) is 25.4 Å². The first kappa shape index (κ1) is 21.1. The van der Waals surface area contributed by atoms with E-state index in [2.05, 4.69) is 25.7 Å². The van der Waals surface area contributed by atoms with Crippen LogP contribution in [0, 0.1) is 17.1 Å². The molecule has 0 bridgehead atoms. The van der Waals surface area contributed by atoms with Gasteiger partial charge in [-0.3, -0.25) is 4.99 Å². The molecule has 0 amide bonds. The number of hydrogen-bond donors (Lipinski definition) is 2. The lowest BCUT2D eigenvalue weighted by Gasteiger charge is -2.25. The van der Waals surface area contributed by atoms with Crippen molar-refractivity contribution in [3.63, 3.8) is 0 Å². The molecule has 144 valence electrons. The van der Waals surface area contributed by atoms with Gasteiger partial charge < -0.3 is 10.6 Å². The average Bonchev–Trinajstić information content (AvgIpc) is 3.08. The lowest BCUT2D eigenvalue weighted by molar-refractivity contribution is 0.392. The van der Waals surface area contributed by atoms with Crippen molar-refractivity contribution in [2.75, 3.05) is 7.05 Å². The van der Waals surface area contributed by atoms with Crippen molar-refractivity contribution in [3.8, 4) is 6.07 Å². The maximum Gasteiger partial charge on any atom is 0.191 e. The van der Waals surface area contributed by atoms with Crippen molar-refractivity contribution in [2.45, 2.75) is 45.3 Å². The van der Waals surface area contributed by atoms with Crippen LogP contribution in [-0.2, 0) is 25.9 Å². The Kier molecular flexibility index (Phi) is 7.53. The molecular weight excluding hydrogens is 460 g/mol. The van der Waals surface area contributed by atoms with E-state index in [4.69, 9.17) is 5.26 Å². The number of aliphatic imine (C=N–C) groups is 1. The summed E-state index contributed by atoms with van der Waals surface area (Å²) in [7, 11) is 1.68. The zero-order valence-electron chi connectivity index (χ0n) is 15.4. The summed E-state index contributed by atoms with van der Waals surface area (Å²) < 4.78 is 15.8. The van der Waals surface area contributed by atoms with Gasteiger partial charge >= 0.3 is 0 Å². The summed E-state index contributed by atoms with van der Waals surface area (Å²) in [5.41, 5.74) is 0.866. The first-order valence-electron chi connectivity index (χ1n) is 8.71. The second-order valence-electron chi connectivity index (χ2n) is 6.20. The number of rotatable bonds is 4. The third-order valence-corrected chi connectivity index (χ3v) is 4.40. The molecule has 1 aromatic carbocycles. The molecular formula is C18H23FIN7. The van der Waals surface area contributed by atoms with E-state index in [0.29, 0.717) is 17.1 Å². The lowest BCUT2D eigenvalue weighted by Crippen LogP contribution is -2.46. The van der Waals surface area contributed by atoms with Crippen molar-refractivity contribution < 1.29 is 4.39 Å². The van der Waals surface area contributed by atoms with Crippen LogP contribution in [0.15, 0.2) is 23.2 Å². The van der Waals surface area contributed by atoms with Crippen molar-refractivity contribution in [1.29, 1.82) is 5.26 Å². The third-order valence-electron chi connectivity index (χ3n) is 4.40. The minimum Gasteiger partial charge on any atom is -0.352 e. The maximum absolute atomic E-state index is 13.9. The number of halogens is 2. The lowest BCUT2D eigenvalue weighted by atomic mass is 10.1. The second-order valence-corrected chi connectivity index (χ2v) is 6.20. The van der Waals surface area contributed by atoms with Crippen molar-refractivity contribution in [3.05, 3.63) is 46.8 Å². The number of nitrogens with zero attached hydrogens (tertiary/aromatic N) is 5. The van der Waals surface area contributed by atoms with Crippen LogP contribution in [0.1, 0.15) is 36.1 Å². The Hall–Kier alpha value is -2.22. The van der Waals surface area contributed by atoms with Crippen molar-refractivity contribution in [2.24, 2.45) is 4.99 Å². The molecule has 1 aliphatic heterocycles. The Balaban J connectivity index is 0.00000261. The van der Waals surface area contributed by atoms with Crippen LogP contribution in [0.2, 0.25) is 0 Å². The molecule has 0 spiro atoms. The molecule has 1 atom stereocenters. The van der Waals surface area contributed by atoms with Crippen LogP contribution >= 0.6 is 24.0 Å². The molecule has 0 saturated heterocycles. The number of guanidine groups is 1. The highest BCUT2D eigenvalue weighted by atomic mass is 127. The van der Waals surface area contributed by atoms with Gasteiger partial charge in [0.1, 0.15) is 11.6 Å². The van der Waals surface area contributed by atoms with Gasteiger partial charge in [-0.1, -0.05) is 6.92 Å². The molecule has 2 heterocycles. The first-order chi connectivity index (χ1) is 12.6. The molecule has 27 heavy (non-hydrogen) atoms. The van der Waals surface area contributed by atoms with Crippen LogP contribution in [0.3, 0.4) is 0 Å². The summed E-state index contributed by atoms with van der Waals surface area (Å²) in [5, 5.41) is 19.9. The number of aryl methyl sites for hydroxylation is 2. The number of nitrogens with one attached hydrogen (secondary N) is 2. The minimum absolute atomic E-state index is 0. The van der Waals surface area contributed by atoms with Crippen LogP contribution in [-0.4, -0.2) is 33.8 Å². The van der Waals surface area contributed by atoms with Gasteiger partial charge in [-0.05, 0) is 24.6 Å². The standard InChI is InChI=1S/C18H22FN7.HI/c1-3-16-24-17-7-5-14(11-26(17)25-16)23-18(21-2)22-10-13-8-12(9-20)4-6-15(13)19;/h4,6,8,14H,3,5,7,10-11H2,1-2H3,(H2,21,22,23);1H. The SMILES string of the molecule is CCc1nc2n(n1)CC(NC(=NC)NCc1cc(C#N)ccc1F)CC2.I. The molecule has 0 saturated carbocycles. The van der Waals surface area contributed by atoms with Crippen molar-refractivity contribution >= 4 is 29.9 Å². The van der Waals surface area contributed by atoms with Gasteiger partial charge in [0.05, 0.1) is 18.2 Å². The van der Waals surface area contributed by atoms with E-state index in [0.717, 1.165) is 37.5 Å². The summed E-state index contributed by atoms with van der Waals surface area (Å²) in [6.07, 6.45) is 2.62. The topological polar surface area (TPSA) is 90.9 Å². The molecule has 0 aliphatic carbocycles. The highest BCUT2D eigenvalue weighted by molar-refractivity contribution is 14.0. The summed E-state index contributed by atoms with van der Waals surface area (Å²) >= 11 is 0. The summed E-state index contributed by atoms with van der Waals surface area (Å²) in [6, 6.07) is 6.52. The molecule has 7 nitrogen and oxygen atoms in total. The third kappa shape index (κ3) is 5.15. The van der Waals surface area contributed by atoms with E-state index < -0.39 is 0 Å². The Bertz CT molecular complexity index is 856. The zero-order valence-corrected chi connectivity index (χ0v) is 17.7. The monoisotopic (exact) mass is 483 g/mol. The van der Waals surface area contributed by atoms with Gasteiger partial charge in [-0.2, -0.15) is 10.4 Å². The molecule has 0 radical (unpaired) electrons. The predicted octanol–water partition coefficient (Wildman–Crippen LogP) is 2.15. The predicted molar refractivity (Wildman–Crippen MR) is 111 cm³/mol. The van der Waals surface area contributed by atoms with E-state index in [1.165, 1.54) is 12.1 Å². The van der Waals surface area contributed by atoms with Crippen LogP contribution in [0.5, 0.6) is 0 Å². The number of fused-ring (bicyclic) bond motifs is 1. The van der Waals surface area contributed by atoms with Gasteiger partial charge in [0, 0.05) is 38.0 Å². The normalized spacial score (nSPS) is 16.1. The Morgan fingerprint density at radius 1 is 1.48 bits per heavy atom.